The molecule has 0 aliphatic rings. The van der Waals surface area contributed by atoms with Crippen LogP contribution in [0.15, 0.2) is 44.0 Å². The molecule has 0 amide bonds. The normalized spacial score (nSPS) is 12.2. The van der Waals surface area contributed by atoms with E-state index in [1.165, 1.54) is 0 Å². The van der Waals surface area contributed by atoms with E-state index in [-0.39, 0.29) is 10.8 Å². The van der Waals surface area contributed by atoms with Crippen LogP contribution in [0.1, 0.15) is 26.3 Å². The Morgan fingerprint density at radius 3 is 2.55 bits per heavy atom. The Bertz CT molecular complexity index is 936. The molecule has 0 aliphatic carbocycles. The predicted octanol–water partition coefficient (Wildman–Crippen LogP) is 3.56. The van der Waals surface area contributed by atoms with Crippen LogP contribution in [0.2, 0.25) is 0 Å². The first-order valence-electron chi connectivity index (χ1n) is 7.41. The van der Waals surface area contributed by atoms with E-state index >= 15 is 0 Å². The van der Waals surface area contributed by atoms with Gasteiger partial charge in [-0.1, -0.05) is 32.9 Å². The number of fused-ring (bicyclic) bond motifs is 2. The number of halogens is 1. The van der Waals surface area contributed by atoms with E-state index in [0.29, 0.717) is 21.9 Å². The Morgan fingerprint density at radius 2 is 1.86 bits per heavy atom. The van der Waals surface area contributed by atoms with Gasteiger partial charge in [-0.3, -0.25) is 4.79 Å². The summed E-state index contributed by atoms with van der Waals surface area (Å²) in [4.78, 5) is 12.8. The van der Waals surface area contributed by atoms with E-state index < -0.39 is 0 Å². The fourth-order valence-electron chi connectivity index (χ4n) is 2.85. The van der Waals surface area contributed by atoms with Crippen LogP contribution in [0.5, 0.6) is 0 Å². The van der Waals surface area contributed by atoms with Crippen LogP contribution in [0, 0.1) is 5.41 Å². The van der Waals surface area contributed by atoms with Gasteiger partial charge in [-0.15, -0.1) is 0 Å². The van der Waals surface area contributed by atoms with Gasteiger partial charge in [0.25, 0.3) is 0 Å². The fraction of sp³-hybridized carbons (Fsp3) is 0.278. The average Bonchev–Trinajstić information content (AvgIpc) is 2.39. The molecule has 0 aliphatic heterocycles. The van der Waals surface area contributed by atoms with Crippen LogP contribution in [0.4, 0.5) is 0 Å². The third kappa shape index (κ3) is 2.72. The molecule has 0 saturated heterocycles. The molecule has 0 N–H and O–H groups in total. The first-order valence-corrected chi connectivity index (χ1v) is 8.20. The topological polar surface area (TPSA) is 30.2 Å². The highest BCUT2D eigenvalue weighted by Gasteiger charge is 2.16. The van der Waals surface area contributed by atoms with Crippen LogP contribution in [-0.2, 0) is 6.42 Å². The maximum Gasteiger partial charge on any atom is 0.200 e. The molecule has 2 nitrogen and oxygen atoms in total. The molecule has 1 aromatic heterocycles. The van der Waals surface area contributed by atoms with Gasteiger partial charge in [-0.05, 0) is 57.0 Å². The van der Waals surface area contributed by atoms with Crippen LogP contribution < -0.4 is 10.9 Å². The lowest BCUT2D eigenvalue weighted by Gasteiger charge is -2.18. The maximum absolute atomic E-state index is 12.8. The summed E-state index contributed by atoms with van der Waals surface area (Å²) in [6, 6.07) is 9.71. The summed E-state index contributed by atoms with van der Waals surface area (Å²) < 4.78 is 6.87. The first kappa shape index (κ1) is 15.4. The van der Waals surface area contributed by atoms with E-state index in [2.05, 4.69) is 42.8 Å². The van der Waals surface area contributed by atoms with E-state index in [1.807, 2.05) is 32.1 Å². The van der Waals surface area contributed by atoms with E-state index in [4.69, 9.17) is 4.42 Å². The second kappa shape index (κ2) is 5.27. The highest BCUT2D eigenvalue weighted by molar-refractivity contribution is 9.10. The van der Waals surface area contributed by atoms with Crippen LogP contribution in [0.3, 0.4) is 0 Å². The van der Waals surface area contributed by atoms with Crippen molar-refractivity contribution in [2.24, 2.45) is 5.41 Å². The van der Waals surface area contributed by atoms with Crippen LogP contribution >= 0.6 is 15.9 Å². The fourth-order valence-corrected chi connectivity index (χ4v) is 3.44. The Kier molecular flexibility index (Phi) is 3.68. The number of benzene rings is 2. The standard InChI is InChI=1S/C18H18BBrO2/c1-18(2,3)9-10-7-12-15(21)11-5-4-6-13(19)16(11)22-17(12)14(20)8-10/h4-8H,9,19H2,1-3H3. The molecule has 0 saturated carbocycles. The van der Waals surface area contributed by atoms with Crippen molar-refractivity contribution in [1.29, 1.82) is 0 Å². The van der Waals surface area contributed by atoms with Crippen molar-refractivity contribution in [2.75, 3.05) is 0 Å². The lowest BCUT2D eigenvalue weighted by atomic mass is 9.87. The Morgan fingerprint density at radius 1 is 1.14 bits per heavy atom. The van der Waals surface area contributed by atoms with Crippen molar-refractivity contribution in [3.05, 3.63) is 50.6 Å². The SMILES string of the molecule is Bc1cccc2c(=O)c3cc(CC(C)(C)C)cc(Br)c3oc12. The molecule has 0 bridgehead atoms. The Labute approximate surface area is 139 Å². The lowest BCUT2D eigenvalue weighted by Crippen LogP contribution is -2.12. The van der Waals surface area contributed by atoms with E-state index in [0.717, 1.165) is 21.9 Å². The third-order valence-corrected chi connectivity index (χ3v) is 4.33. The van der Waals surface area contributed by atoms with Crippen LogP contribution in [0.25, 0.3) is 21.9 Å². The lowest BCUT2D eigenvalue weighted by molar-refractivity contribution is 0.411. The number of hydrogen-bond acceptors (Lipinski definition) is 2. The molecule has 3 aromatic rings. The molecule has 0 fully saturated rings. The molecule has 2 aromatic carbocycles. The van der Waals surface area contributed by atoms with Gasteiger partial charge < -0.3 is 4.42 Å². The van der Waals surface area contributed by atoms with Gasteiger partial charge in [0.1, 0.15) is 13.4 Å². The smallest absolute Gasteiger partial charge is 0.200 e. The van der Waals surface area contributed by atoms with Crippen molar-refractivity contribution in [1.82, 2.24) is 0 Å². The minimum absolute atomic E-state index is 0.0383. The molecule has 112 valence electrons. The Hall–Kier alpha value is -1.55. The zero-order valence-corrected chi connectivity index (χ0v) is 14.9. The average molecular weight is 357 g/mol. The third-order valence-electron chi connectivity index (χ3n) is 3.74. The van der Waals surface area contributed by atoms with E-state index in [1.54, 1.807) is 0 Å². The summed E-state index contributed by atoms with van der Waals surface area (Å²) in [7, 11) is 1.96. The van der Waals surface area contributed by atoms with Gasteiger partial charge in [0, 0.05) is 0 Å². The minimum atomic E-state index is 0.0383. The van der Waals surface area contributed by atoms with Crippen molar-refractivity contribution in [3.8, 4) is 0 Å². The molecular formula is C18H18BBrO2. The summed E-state index contributed by atoms with van der Waals surface area (Å²) in [6.07, 6.45) is 0.910. The first-order chi connectivity index (χ1) is 10.3. The number of hydrogen-bond donors (Lipinski definition) is 0. The zero-order valence-electron chi connectivity index (χ0n) is 13.3. The second-order valence-corrected chi connectivity index (χ2v) is 7.93. The molecule has 0 spiro atoms. The van der Waals surface area contributed by atoms with Gasteiger partial charge in [-0.2, -0.15) is 0 Å². The minimum Gasteiger partial charge on any atom is -0.455 e. The van der Waals surface area contributed by atoms with Crippen molar-refractivity contribution in [3.63, 3.8) is 0 Å². The Balaban J connectivity index is 2.37. The molecular weight excluding hydrogens is 339 g/mol. The van der Waals surface area contributed by atoms with Gasteiger partial charge >= 0.3 is 0 Å². The molecule has 1 heterocycles. The highest BCUT2D eigenvalue weighted by atomic mass is 79.9. The van der Waals surface area contributed by atoms with E-state index in [9.17, 15) is 4.79 Å². The number of rotatable bonds is 1. The summed E-state index contributed by atoms with van der Waals surface area (Å²) in [5.41, 5.74) is 3.62. The molecule has 0 atom stereocenters. The number of para-hydroxylation sites is 1. The van der Waals surface area contributed by atoms with Gasteiger partial charge in [-0.25, -0.2) is 0 Å². The van der Waals surface area contributed by atoms with Crippen molar-refractivity contribution in [2.45, 2.75) is 27.2 Å². The summed E-state index contributed by atoms with van der Waals surface area (Å²) in [6.45, 7) is 6.58. The quantitative estimate of drug-likeness (QED) is 0.493. The molecule has 0 unspecified atom stereocenters. The highest BCUT2D eigenvalue weighted by Crippen LogP contribution is 2.29. The van der Waals surface area contributed by atoms with Gasteiger partial charge in [0.15, 0.2) is 5.58 Å². The van der Waals surface area contributed by atoms with Crippen molar-refractivity contribution < 1.29 is 4.42 Å². The molecule has 4 heteroatoms. The van der Waals surface area contributed by atoms with Crippen molar-refractivity contribution >= 4 is 51.2 Å². The molecule has 0 radical (unpaired) electrons. The maximum atomic E-state index is 12.8. The van der Waals surface area contributed by atoms with Gasteiger partial charge in [0.05, 0.1) is 15.2 Å². The second-order valence-electron chi connectivity index (χ2n) is 7.07. The zero-order chi connectivity index (χ0) is 16.1. The predicted molar refractivity (Wildman–Crippen MR) is 99.0 cm³/mol. The van der Waals surface area contributed by atoms with Gasteiger partial charge in [0.2, 0.25) is 5.43 Å². The van der Waals surface area contributed by atoms with Crippen LogP contribution in [-0.4, -0.2) is 7.85 Å². The summed E-state index contributed by atoms with van der Waals surface area (Å²) in [5, 5.41) is 1.29. The molecule has 22 heavy (non-hydrogen) atoms. The summed E-state index contributed by atoms with van der Waals surface area (Å²) >= 11 is 3.57. The summed E-state index contributed by atoms with van der Waals surface area (Å²) in [5.74, 6) is 0. The largest absolute Gasteiger partial charge is 0.455 e. The monoisotopic (exact) mass is 356 g/mol. The molecule has 3 rings (SSSR count).